The van der Waals surface area contributed by atoms with Gasteiger partial charge in [-0.05, 0) is 40.5 Å². The zero-order valence-electron chi connectivity index (χ0n) is 22.9. The van der Waals surface area contributed by atoms with E-state index in [1.807, 2.05) is 49.5 Å². The van der Waals surface area contributed by atoms with E-state index in [2.05, 4.69) is 26.0 Å². The van der Waals surface area contributed by atoms with Gasteiger partial charge in [-0.25, -0.2) is 9.38 Å². The third kappa shape index (κ3) is 7.97. The molecule has 0 aromatic heterocycles. The first-order chi connectivity index (χ1) is 19.8. The maximum Gasteiger partial charge on any atom is 0.256 e. The van der Waals surface area contributed by atoms with Crippen LogP contribution in [0.2, 0.25) is 0 Å². The minimum atomic E-state index is -0.787. The van der Waals surface area contributed by atoms with Gasteiger partial charge in [0.25, 0.3) is 5.91 Å². The molecule has 0 saturated carbocycles. The number of aliphatic imine (C=N–C) groups is 1. The Morgan fingerprint density at radius 3 is 2.32 bits per heavy atom. The first-order valence-corrected chi connectivity index (χ1v) is 12.2. The van der Waals surface area contributed by atoms with Crippen LogP contribution in [0.1, 0.15) is 15.9 Å². The Hall–Kier alpha value is -5.55. The van der Waals surface area contributed by atoms with Crippen molar-refractivity contribution in [2.24, 2.45) is 10.1 Å². The molecule has 3 aromatic carbocycles. The summed E-state index contributed by atoms with van der Waals surface area (Å²) in [6, 6.07) is 17.3. The summed E-state index contributed by atoms with van der Waals surface area (Å²) in [6.07, 6.45) is 2.32. The molecule has 0 saturated heterocycles. The predicted octanol–water partition coefficient (Wildman–Crippen LogP) is 5.24. The van der Waals surface area contributed by atoms with Gasteiger partial charge in [-0.15, -0.1) is 0 Å². The highest BCUT2D eigenvalue weighted by Crippen LogP contribution is 2.34. The summed E-state index contributed by atoms with van der Waals surface area (Å²) in [5.74, 6) is -0.161. The van der Waals surface area contributed by atoms with Crippen LogP contribution in [0.3, 0.4) is 0 Å². The minimum Gasteiger partial charge on any atom is -0.496 e. The van der Waals surface area contributed by atoms with E-state index in [-0.39, 0.29) is 22.7 Å². The van der Waals surface area contributed by atoms with E-state index in [1.54, 1.807) is 24.3 Å². The lowest BCUT2D eigenvalue weighted by Gasteiger charge is -2.23. The zero-order valence-corrected chi connectivity index (χ0v) is 22.9. The second-order valence-corrected chi connectivity index (χ2v) is 8.43. The molecular weight excluding hydrogens is 531 g/mol. The topological polar surface area (TPSA) is 153 Å². The number of hydrogen-bond donors (Lipinski definition) is 3. The molecule has 3 aromatic rings. The minimum absolute atomic E-state index is 0.0527. The molecule has 0 bridgehead atoms. The lowest BCUT2D eigenvalue weighted by molar-refractivity contribution is -0.105. The second-order valence-electron chi connectivity index (χ2n) is 8.43. The molecule has 0 atom stereocenters. The van der Waals surface area contributed by atoms with Crippen LogP contribution in [-0.4, -0.2) is 57.8 Å². The van der Waals surface area contributed by atoms with E-state index in [0.717, 1.165) is 17.0 Å². The first-order valence-electron chi connectivity index (χ1n) is 12.2. The molecule has 41 heavy (non-hydrogen) atoms. The van der Waals surface area contributed by atoms with Crippen LogP contribution in [-0.2, 0) is 4.79 Å². The number of nitrogens with one attached hydrogen (secondary N) is 3. The molecule has 12 nitrogen and oxygen atoms in total. The molecule has 2 amide bonds. The van der Waals surface area contributed by atoms with Gasteiger partial charge in [0, 0.05) is 48.7 Å². The van der Waals surface area contributed by atoms with Gasteiger partial charge in [0.05, 0.1) is 32.2 Å². The number of methoxy groups -OCH3 is 2. The predicted molar refractivity (Wildman–Crippen MR) is 156 cm³/mol. The van der Waals surface area contributed by atoms with Crippen molar-refractivity contribution >= 4 is 35.1 Å². The van der Waals surface area contributed by atoms with Gasteiger partial charge >= 0.3 is 0 Å². The molecular formula is C28H29FN8O4. The summed E-state index contributed by atoms with van der Waals surface area (Å²) in [5, 5.41) is 11.7. The number of halogens is 1. The molecule has 0 unspecified atom stereocenters. The molecule has 1 heterocycles. The summed E-state index contributed by atoms with van der Waals surface area (Å²) in [6.45, 7) is 0.663. The van der Waals surface area contributed by atoms with Crippen molar-refractivity contribution in [1.29, 1.82) is 0 Å². The largest absolute Gasteiger partial charge is 0.496 e. The lowest BCUT2D eigenvalue weighted by atomic mass is 10.1. The fourth-order valence-corrected chi connectivity index (χ4v) is 3.82. The van der Waals surface area contributed by atoms with E-state index in [9.17, 15) is 14.0 Å². The number of ether oxygens (including phenoxy) is 2. The van der Waals surface area contributed by atoms with Gasteiger partial charge in [-0.1, -0.05) is 24.3 Å². The number of hydrogen-bond acceptors (Lipinski definition) is 8. The Morgan fingerprint density at radius 2 is 1.76 bits per heavy atom. The number of azide groups is 1. The van der Waals surface area contributed by atoms with E-state index in [1.165, 1.54) is 26.4 Å². The van der Waals surface area contributed by atoms with E-state index in [0.29, 0.717) is 24.5 Å². The highest BCUT2D eigenvalue weighted by atomic mass is 19.1. The number of likely N-dealkylation sites (N-methyl/N-ethyl adjacent to an activating group) is 1. The van der Waals surface area contributed by atoms with E-state index in [4.69, 9.17) is 20.0 Å². The normalized spacial score (nSPS) is 11.9. The summed E-state index contributed by atoms with van der Waals surface area (Å²) in [5.41, 5.74) is 12.4. The Morgan fingerprint density at radius 1 is 1.10 bits per heavy atom. The maximum absolute atomic E-state index is 12.6. The molecule has 0 radical (unpaired) electrons. The highest BCUT2D eigenvalue weighted by molar-refractivity contribution is 6.04. The Labute approximate surface area is 236 Å². The summed E-state index contributed by atoms with van der Waals surface area (Å²) in [7, 11) is 6.68. The van der Waals surface area contributed by atoms with Gasteiger partial charge in [-0.2, -0.15) is 0 Å². The Balaban J connectivity index is 0.000000389. The first kappa shape index (κ1) is 30.0. The molecule has 1 aliphatic rings. The average molecular weight is 561 g/mol. The van der Waals surface area contributed by atoms with Gasteiger partial charge < -0.3 is 30.3 Å². The average Bonchev–Trinajstić information content (AvgIpc) is 2.98. The zero-order chi connectivity index (χ0) is 29.8. The number of amides is 2. The molecule has 0 fully saturated rings. The number of rotatable bonds is 9. The Kier molecular flexibility index (Phi) is 10.7. The van der Waals surface area contributed by atoms with Crippen molar-refractivity contribution in [3.8, 4) is 11.5 Å². The van der Waals surface area contributed by atoms with E-state index < -0.39 is 11.7 Å². The third-order valence-electron chi connectivity index (χ3n) is 5.72. The van der Waals surface area contributed by atoms with Crippen molar-refractivity contribution in [2.45, 2.75) is 0 Å². The van der Waals surface area contributed by atoms with Crippen LogP contribution in [0, 0.1) is 5.82 Å². The molecule has 212 valence electrons. The molecule has 0 spiro atoms. The number of benzene rings is 3. The second kappa shape index (κ2) is 14.6. The summed E-state index contributed by atoms with van der Waals surface area (Å²) >= 11 is 0. The SMILES string of the molecule is CNc1ccc(C2=NC(Nc3cc(OC)c(C(=O)N=[N+]=[N-])c(OC)c3)=CN(C)C2)cc1.O=CNc1ccccc1F. The van der Waals surface area contributed by atoms with Crippen molar-refractivity contribution in [3.05, 3.63) is 100 Å². The molecule has 1 aliphatic heterocycles. The Bertz CT molecular complexity index is 1480. The maximum atomic E-state index is 12.6. The standard InChI is InChI=1S/C21H23N7O3.C7H6FNO/c1-23-14-7-5-13(6-8-14)16-11-28(2)12-19(25-16)24-15-9-17(30-3)20(18(10-15)31-4)21(29)26-27-22;8-6-3-1-2-4-7(6)9-5-10/h5-10,12,23-24H,11H2,1-4H3;1-5H,(H,9,10). The fourth-order valence-electron chi connectivity index (χ4n) is 3.82. The summed E-state index contributed by atoms with van der Waals surface area (Å²) in [4.78, 5) is 31.3. The van der Waals surface area contributed by atoms with Crippen LogP contribution >= 0.6 is 0 Å². The van der Waals surface area contributed by atoms with Crippen LogP contribution in [0.4, 0.5) is 21.5 Å². The van der Waals surface area contributed by atoms with Gasteiger partial charge in [0.15, 0.2) is 0 Å². The van der Waals surface area contributed by atoms with Gasteiger partial charge in [0.2, 0.25) is 6.41 Å². The lowest BCUT2D eigenvalue weighted by Crippen LogP contribution is -2.27. The van der Waals surface area contributed by atoms with Crippen molar-refractivity contribution in [1.82, 2.24) is 4.90 Å². The molecule has 13 heteroatoms. The van der Waals surface area contributed by atoms with Crippen molar-refractivity contribution in [2.75, 3.05) is 50.8 Å². The van der Waals surface area contributed by atoms with E-state index >= 15 is 0 Å². The number of nitrogens with zero attached hydrogens (tertiary/aromatic N) is 5. The molecule has 4 rings (SSSR count). The van der Waals surface area contributed by atoms with Crippen LogP contribution in [0.25, 0.3) is 10.4 Å². The quantitative estimate of drug-likeness (QED) is 0.140. The molecule has 3 N–H and O–H groups in total. The number of anilines is 3. The van der Waals surface area contributed by atoms with Crippen LogP contribution in [0.15, 0.2) is 82.8 Å². The van der Waals surface area contributed by atoms with Gasteiger partial charge in [-0.3, -0.25) is 9.59 Å². The van der Waals surface area contributed by atoms with Gasteiger partial charge in [0.1, 0.15) is 28.7 Å². The van der Waals surface area contributed by atoms with Crippen LogP contribution < -0.4 is 25.4 Å². The number of para-hydroxylation sites is 1. The molecule has 0 aliphatic carbocycles. The smallest absolute Gasteiger partial charge is 0.256 e. The monoisotopic (exact) mass is 560 g/mol. The fraction of sp³-hybridized carbons (Fsp3) is 0.179. The number of carbonyl (C=O) groups is 2. The van der Waals surface area contributed by atoms with Crippen molar-refractivity contribution < 1.29 is 23.5 Å². The van der Waals surface area contributed by atoms with Crippen LogP contribution in [0.5, 0.6) is 11.5 Å². The summed E-state index contributed by atoms with van der Waals surface area (Å²) < 4.78 is 23.2. The highest BCUT2D eigenvalue weighted by Gasteiger charge is 2.20. The third-order valence-corrected chi connectivity index (χ3v) is 5.72. The van der Waals surface area contributed by atoms with Crippen molar-refractivity contribution in [3.63, 3.8) is 0 Å². The number of carbonyl (C=O) groups excluding carboxylic acids is 2.